The van der Waals surface area contributed by atoms with Crippen molar-refractivity contribution in [2.45, 2.75) is 38.5 Å². The average Bonchev–Trinajstić information content (AvgIpc) is 3.35. The van der Waals surface area contributed by atoms with Crippen LogP contribution < -0.4 is 10.1 Å². The molecular formula is C23H26F3N7O. The Kier molecular flexibility index (Phi) is 5.80. The molecule has 0 radical (unpaired) electrons. The maximum absolute atomic E-state index is 14.5. The summed E-state index contributed by atoms with van der Waals surface area (Å²) in [6.45, 7) is 2.44. The first-order chi connectivity index (χ1) is 16.3. The van der Waals surface area contributed by atoms with Gasteiger partial charge in [-0.15, -0.1) is 5.10 Å². The van der Waals surface area contributed by atoms with Crippen molar-refractivity contribution in [2.24, 2.45) is 0 Å². The van der Waals surface area contributed by atoms with Gasteiger partial charge in [-0.05, 0) is 44.2 Å². The monoisotopic (exact) mass is 473 g/mol. The Balaban J connectivity index is 1.53. The van der Waals surface area contributed by atoms with E-state index in [1.807, 2.05) is 36.2 Å². The highest BCUT2D eigenvalue weighted by Gasteiger charge is 2.28. The summed E-state index contributed by atoms with van der Waals surface area (Å²) >= 11 is 0. The van der Waals surface area contributed by atoms with E-state index in [1.165, 1.54) is 11.7 Å². The van der Waals surface area contributed by atoms with Gasteiger partial charge in [-0.1, -0.05) is 6.07 Å². The van der Waals surface area contributed by atoms with Crippen molar-refractivity contribution in [3.8, 4) is 17.0 Å². The molecule has 1 aliphatic rings. The van der Waals surface area contributed by atoms with Gasteiger partial charge < -0.3 is 19.5 Å². The SMILES string of the molecule is COc1nc(N[C@@H]2CCN(C)C[C@H]2F)nn2ccc(-c3ccc4nc(C)n(CC(F)F)c4c3)c12. The minimum absolute atomic E-state index is 0.282. The van der Waals surface area contributed by atoms with Gasteiger partial charge in [0.05, 0.1) is 30.7 Å². The van der Waals surface area contributed by atoms with Gasteiger partial charge in [-0.2, -0.15) is 4.98 Å². The van der Waals surface area contributed by atoms with E-state index in [1.54, 1.807) is 17.6 Å². The fourth-order valence-corrected chi connectivity index (χ4v) is 4.59. The second-order valence-corrected chi connectivity index (χ2v) is 8.65. The van der Waals surface area contributed by atoms with Gasteiger partial charge >= 0.3 is 0 Å². The Morgan fingerprint density at radius 1 is 1.24 bits per heavy atom. The largest absolute Gasteiger partial charge is 0.479 e. The summed E-state index contributed by atoms with van der Waals surface area (Å²) in [4.78, 5) is 10.8. The first-order valence-corrected chi connectivity index (χ1v) is 11.1. The maximum atomic E-state index is 14.5. The number of ether oxygens (including phenoxy) is 1. The van der Waals surface area contributed by atoms with Crippen molar-refractivity contribution in [3.63, 3.8) is 0 Å². The lowest BCUT2D eigenvalue weighted by Gasteiger charge is -2.32. The van der Waals surface area contributed by atoms with E-state index in [2.05, 4.69) is 20.4 Å². The lowest BCUT2D eigenvalue weighted by atomic mass is 10.0. The number of aromatic nitrogens is 5. The fraction of sp³-hybridized carbons (Fsp3) is 0.435. The summed E-state index contributed by atoms with van der Waals surface area (Å²) in [5.41, 5.74) is 3.50. The summed E-state index contributed by atoms with van der Waals surface area (Å²) in [5.74, 6) is 1.15. The van der Waals surface area contributed by atoms with Crippen molar-refractivity contribution < 1.29 is 17.9 Å². The van der Waals surface area contributed by atoms with Crippen LogP contribution in [0.1, 0.15) is 12.2 Å². The molecule has 1 aromatic carbocycles. The third-order valence-corrected chi connectivity index (χ3v) is 6.30. The predicted octanol–water partition coefficient (Wildman–Crippen LogP) is 3.78. The summed E-state index contributed by atoms with van der Waals surface area (Å²) in [6.07, 6.45) is -1.10. The zero-order valence-corrected chi connectivity index (χ0v) is 19.2. The summed E-state index contributed by atoms with van der Waals surface area (Å²) < 4.78 is 49.4. The molecule has 1 aliphatic heterocycles. The van der Waals surface area contributed by atoms with E-state index in [-0.39, 0.29) is 12.0 Å². The highest BCUT2D eigenvalue weighted by atomic mass is 19.3. The van der Waals surface area contributed by atoms with Crippen LogP contribution in [0.2, 0.25) is 0 Å². The van der Waals surface area contributed by atoms with Crippen LogP contribution in [0.4, 0.5) is 19.1 Å². The zero-order chi connectivity index (χ0) is 24.0. The number of rotatable bonds is 6. The van der Waals surface area contributed by atoms with Crippen LogP contribution in [-0.4, -0.2) is 74.9 Å². The number of alkyl halides is 3. The number of nitrogens with zero attached hydrogens (tertiary/aromatic N) is 6. The first-order valence-electron chi connectivity index (χ1n) is 11.1. The van der Waals surface area contributed by atoms with Gasteiger partial charge in [0.15, 0.2) is 0 Å². The maximum Gasteiger partial charge on any atom is 0.256 e. The van der Waals surface area contributed by atoms with Crippen molar-refractivity contribution in [1.82, 2.24) is 29.0 Å². The van der Waals surface area contributed by atoms with Crippen molar-refractivity contribution in [1.29, 1.82) is 0 Å². The Hall–Kier alpha value is -3.34. The molecule has 0 amide bonds. The molecule has 1 N–H and O–H groups in total. The number of aryl methyl sites for hydroxylation is 1. The van der Waals surface area contributed by atoms with Crippen LogP contribution in [0.15, 0.2) is 30.5 Å². The van der Waals surface area contributed by atoms with E-state index >= 15 is 0 Å². The first kappa shape index (κ1) is 22.5. The van der Waals surface area contributed by atoms with Gasteiger partial charge in [0.2, 0.25) is 11.8 Å². The van der Waals surface area contributed by atoms with E-state index in [4.69, 9.17) is 4.74 Å². The Morgan fingerprint density at radius 3 is 2.79 bits per heavy atom. The van der Waals surface area contributed by atoms with Gasteiger partial charge in [-0.25, -0.2) is 22.7 Å². The Bertz CT molecular complexity index is 1340. The van der Waals surface area contributed by atoms with E-state index < -0.39 is 19.1 Å². The smallest absolute Gasteiger partial charge is 0.256 e. The molecule has 0 unspecified atom stereocenters. The van der Waals surface area contributed by atoms with Crippen LogP contribution in [0.25, 0.3) is 27.7 Å². The quantitative estimate of drug-likeness (QED) is 0.460. The molecule has 0 bridgehead atoms. The van der Waals surface area contributed by atoms with Crippen LogP contribution in [-0.2, 0) is 6.54 Å². The van der Waals surface area contributed by atoms with Crippen molar-refractivity contribution in [3.05, 3.63) is 36.3 Å². The van der Waals surface area contributed by atoms with Crippen molar-refractivity contribution in [2.75, 3.05) is 32.6 Å². The minimum atomic E-state index is -2.48. The molecule has 11 heteroatoms. The van der Waals surface area contributed by atoms with Crippen LogP contribution in [0, 0.1) is 6.92 Å². The number of likely N-dealkylation sites (tertiary alicyclic amines) is 1. The lowest BCUT2D eigenvalue weighted by molar-refractivity contribution is 0.127. The van der Waals surface area contributed by atoms with E-state index in [0.29, 0.717) is 41.2 Å². The molecule has 8 nitrogen and oxygen atoms in total. The molecule has 0 aliphatic carbocycles. The molecule has 0 spiro atoms. The average molecular weight is 474 g/mol. The molecule has 4 aromatic rings. The lowest BCUT2D eigenvalue weighted by Crippen LogP contribution is -2.46. The number of nitrogens with one attached hydrogen (secondary N) is 1. The number of piperidine rings is 1. The standard InChI is InChI=1S/C23H26F3N7O/c1-13-27-18-5-4-14(10-19(18)32(13)12-20(25)26)15-6-9-33-21(15)22(34-3)29-23(30-33)28-17-7-8-31(2)11-16(17)24/h4-6,9-10,16-17,20H,7-8,11-12H2,1-3H3,(H,28,30)/t16-,17-/m1/s1. The minimum Gasteiger partial charge on any atom is -0.479 e. The number of fused-ring (bicyclic) bond motifs is 2. The number of halogens is 3. The number of methoxy groups -OCH3 is 1. The van der Waals surface area contributed by atoms with Crippen molar-refractivity contribution >= 4 is 22.5 Å². The molecule has 180 valence electrons. The Morgan fingerprint density at radius 2 is 2.06 bits per heavy atom. The van der Waals surface area contributed by atoms with Crippen LogP contribution in [0.3, 0.4) is 0 Å². The number of anilines is 1. The fourth-order valence-electron chi connectivity index (χ4n) is 4.59. The van der Waals surface area contributed by atoms with Crippen LogP contribution >= 0.6 is 0 Å². The topological polar surface area (TPSA) is 72.5 Å². The van der Waals surface area contributed by atoms with Gasteiger partial charge in [0, 0.05) is 24.8 Å². The highest BCUT2D eigenvalue weighted by Crippen LogP contribution is 2.33. The number of hydrogen-bond acceptors (Lipinski definition) is 6. The normalized spacial score (nSPS) is 19.4. The third kappa shape index (κ3) is 4.04. The van der Waals surface area contributed by atoms with Gasteiger partial charge in [0.1, 0.15) is 17.5 Å². The van der Waals surface area contributed by atoms with E-state index in [0.717, 1.165) is 17.7 Å². The second-order valence-electron chi connectivity index (χ2n) is 8.65. The highest BCUT2D eigenvalue weighted by molar-refractivity contribution is 5.89. The second kappa shape index (κ2) is 8.79. The Labute approximate surface area is 194 Å². The third-order valence-electron chi connectivity index (χ3n) is 6.30. The number of imidazole rings is 1. The molecule has 2 atom stereocenters. The molecule has 3 aromatic heterocycles. The van der Waals surface area contributed by atoms with Crippen LogP contribution in [0.5, 0.6) is 5.88 Å². The molecule has 1 saturated heterocycles. The molecule has 4 heterocycles. The molecule has 5 rings (SSSR count). The van der Waals surface area contributed by atoms with Gasteiger partial charge in [-0.3, -0.25) is 0 Å². The molecule has 1 fully saturated rings. The molecule has 34 heavy (non-hydrogen) atoms. The zero-order valence-electron chi connectivity index (χ0n) is 19.2. The summed E-state index contributed by atoms with van der Waals surface area (Å²) in [5, 5.41) is 7.63. The number of benzene rings is 1. The summed E-state index contributed by atoms with van der Waals surface area (Å²) in [6, 6.07) is 7.02. The van der Waals surface area contributed by atoms with Gasteiger partial charge in [0.25, 0.3) is 6.43 Å². The predicted molar refractivity (Wildman–Crippen MR) is 123 cm³/mol. The molecule has 0 saturated carbocycles. The molecular weight excluding hydrogens is 447 g/mol. The number of hydrogen-bond donors (Lipinski definition) is 1. The van der Waals surface area contributed by atoms with E-state index in [9.17, 15) is 13.2 Å². The summed E-state index contributed by atoms with van der Waals surface area (Å²) in [7, 11) is 3.41.